The molecule has 1 aromatic carbocycles. The van der Waals surface area contributed by atoms with Crippen LogP contribution in [0.5, 0.6) is 5.75 Å². The average Bonchev–Trinajstić information content (AvgIpc) is 3.19. The molecule has 3 amide bonds. The molecule has 0 fully saturated rings. The zero-order valence-corrected chi connectivity index (χ0v) is 14.3. The summed E-state index contributed by atoms with van der Waals surface area (Å²) in [5.41, 5.74) is 3.17. The van der Waals surface area contributed by atoms with Crippen molar-refractivity contribution in [2.24, 2.45) is 0 Å². The van der Waals surface area contributed by atoms with Crippen molar-refractivity contribution in [1.82, 2.24) is 20.9 Å². The lowest BCUT2D eigenvalue weighted by atomic mass is 10.00. The molecule has 2 aromatic rings. The lowest BCUT2D eigenvalue weighted by molar-refractivity contribution is 0.0958. The molecule has 0 atom stereocenters. The average molecular weight is 351 g/mol. The van der Waals surface area contributed by atoms with Crippen molar-refractivity contribution < 1.29 is 14.3 Å². The van der Waals surface area contributed by atoms with Crippen LogP contribution in [0.4, 0.5) is 4.79 Å². The second-order valence-corrected chi connectivity index (χ2v) is 5.91. The number of urea groups is 1. The highest BCUT2D eigenvalue weighted by atomic mass is 35.5. The second kappa shape index (κ2) is 6.60. The SMILES string of the molecule is CNC(=O)NCCc1c(C(=O)NC)[nH]c2cc(Cl)c3c(c12)CCO3. The maximum Gasteiger partial charge on any atom is 0.314 e. The molecule has 0 radical (unpaired) electrons. The van der Waals surface area contributed by atoms with Gasteiger partial charge in [0.15, 0.2) is 0 Å². The fourth-order valence-corrected chi connectivity index (χ4v) is 3.35. The van der Waals surface area contributed by atoms with Crippen molar-refractivity contribution >= 4 is 34.4 Å². The first-order valence-electron chi connectivity index (χ1n) is 7.73. The number of carbonyl (C=O) groups excluding carboxylic acids is 2. The van der Waals surface area contributed by atoms with Crippen molar-refractivity contribution in [1.29, 1.82) is 0 Å². The van der Waals surface area contributed by atoms with Gasteiger partial charge < -0.3 is 25.7 Å². The molecule has 1 aliphatic heterocycles. The number of aromatic amines is 1. The van der Waals surface area contributed by atoms with E-state index < -0.39 is 0 Å². The first-order valence-corrected chi connectivity index (χ1v) is 8.11. The minimum Gasteiger partial charge on any atom is -0.491 e. The monoisotopic (exact) mass is 350 g/mol. The minimum absolute atomic E-state index is 0.204. The molecule has 24 heavy (non-hydrogen) atoms. The number of hydrogen-bond acceptors (Lipinski definition) is 3. The molecule has 1 aromatic heterocycles. The van der Waals surface area contributed by atoms with Crippen LogP contribution in [0.25, 0.3) is 10.9 Å². The third-order valence-electron chi connectivity index (χ3n) is 4.14. The molecular weight excluding hydrogens is 332 g/mol. The molecule has 7 nitrogen and oxygen atoms in total. The fourth-order valence-electron chi connectivity index (χ4n) is 3.07. The predicted molar refractivity (Wildman–Crippen MR) is 92.1 cm³/mol. The van der Waals surface area contributed by atoms with E-state index in [1.54, 1.807) is 20.2 Å². The van der Waals surface area contributed by atoms with Gasteiger partial charge in [0.05, 0.1) is 11.6 Å². The fraction of sp³-hybridized carbons (Fsp3) is 0.375. The van der Waals surface area contributed by atoms with Crippen molar-refractivity contribution in [3.63, 3.8) is 0 Å². The van der Waals surface area contributed by atoms with Crippen LogP contribution in [0.15, 0.2) is 6.07 Å². The largest absolute Gasteiger partial charge is 0.491 e. The van der Waals surface area contributed by atoms with Gasteiger partial charge >= 0.3 is 6.03 Å². The van der Waals surface area contributed by atoms with Crippen LogP contribution in [0.3, 0.4) is 0 Å². The summed E-state index contributed by atoms with van der Waals surface area (Å²) in [5.74, 6) is 0.483. The van der Waals surface area contributed by atoms with E-state index in [4.69, 9.17) is 16.3 Å². The number of halogens is 1. The number of benzene rings is 1. The number of amides is 3. The van der Waals surface area contributed by atoms with E-state index >= 15 is 0 Å². The molecule has 0 saturated carbocycles. The van der Waals surface area contributed by atoms with Crippen molar-refractivity contribution in [2.75, 3.05) is 27.2 Å². The molecule has 0 saturated heterocycles. The van der Waals surface area contributed by atoms with Crippen molar-refractivity contribution in [3.05, 3.63) is 27.9 Å². The molecule has 128 valence electrons. The van der Waals surface area contributed by atoms with Gasteiger partial charge in [-0.2, -0.15) is 0 Å². The Morgan fingerprint density at radius 3 is 2.83 bits per heavy atom. The maximum absolute atomic E-state index is 12.2. The second-order valence-electron chi connectivity index (χ2n) is 5.50. The zero-order chi connectivity index (χ0) is 17.3. The van der Waals surface area contributed by atoms with Crippen LogP contribution in [0.2, 0.25) is 5.02 Å². The third kappa shape index (κ3) is 2.75. The van der Waals surface area contributed by atoms with Gasteiger partial charge in [0.1, 0.15) is 11.4 Å². The number of H-pyrrole nitrogens is 1. The Morgan fingerprint density at radius 2 is 2.12 bits per heavy atom. The van der Waals surface area contributed by atoms with Gasteiger partial charge in [-0.1, -0.05) is 11.6 Å². The summed E-state index contributed by atoms with van der Waals surface area (Å²) in [6.45, 7) is 0.986. The topological polar surface area (TPSA) is 95.3 Å². The number of hydrogen-bond donors (Lipinski definition) is 4. The summed E-state index contributed by atoms with van der Waals surface area (Å²) in [6.07, 6.45) is 1.26. The van der Waals surface area contributed by atoms with E-state index in [0.717, 1.165) is 28.5 Å². The third-order valence-corrected chi connectivity index (χ3v) is 4.42. The maximum atomic E-state index is 12.2. The first-order chi connectivity index (χ1) is 11.6. The summed E-state index contributed by atoms with van der Waals surface area (Å²) in [4.78, 5) is 26.8. The van der Waals surface area contributed by atoms with Crippen LogP contribution in [-0.2, 0) is 12.8 Å². The van der Waals surface area contributed by atoms with E-state index in [1.807, 2.05) is 0 Å². The number of carbonyl (C=O) groups is 2. The van der Waals surface area contributed by atoms with E-state index in [-0.39, 0.29) is 11.9 Å². The van der Waals surface area contributed by atoms with Crippen LogP contribution >= 0.6 is 11.6 Å². The highest BCUT2D eigenvalue weighted by molar-refractivity contribution is 6.33. The molecule has 2 heterocycles. The Morgan fingerprint density at radius 1 is 1.33 bits per heavy atom. The molecule has 1 aliphatic rings. The Hall–Kier alpha value is -2.41. The lowest BCUT2D eigenvalue weighted by Crippen LogP contribution is -2.34. The summed E-state index contributed by atoms with van der Waals surface area (Å²) >= 11 is 6.28. The summed E-state index contributed by atoms with van der Waals surface area (Å²) in [6, 6.07) is 1.52. The molecule has 8 heteroatoms. The molecule has 0 spiro atoms. The first kappa shape index (κ1) is 16.4. The van der Waals surface area contributed by atoms with Crippen LogP contribution in [0, 0.1) is 0 Å². The molecule has 0 unspecified atom stereocenters. The van der Waals surface area contributed by atoms with Gasteiger partial charge in [-0.25, -0.2) is 4.79 Å². The van der Waals surface area contributed by atoms with E-state index in [0.29, 0.717) is 36.0 Å². The standard InChI is InChI=1S/C16H19ClN4O3/c1-18-15(22)13-8(3-5-20-16(23)19-2)12-9-4-6-24-14(9)10(17)7-11(12)21-13/h7,21H,3-6H2,1-2H3,(H,18,22)(H2,19,20,23). The van der Waals surface area contributed by atoms with Gasteiger partial charge in [0.25, 0.3) is 5.91 Å². The van der Waals surface area contributed by atoms with Crippen LogP contribution in [0.1, 0.15) is 21.6 Å². The molecule has 3 rings (SSSR count). The van der Waals surface area contributed by atoms with Crippen LogP contribution < -0.4 is 20.7 Å². The number of ether oxygens (including phenoxy) is 1. The van der Waals surface area contributed by atoms with E-state index in [2.05, 4.69) is 20.9 Å². The van der Waals surface area contributed by atoms with Gasteiger partial charge in [-0.3, -0.25) is 4.79 Å². The van der Waals surface area contributed by atoms with Crippen molar-refractivity contribution in [3.8, 4) is 5.75 Å². The molecule has 4 N–H and O–H groups in total. The number of aromatic nitrogens is 1. The lowest BCUT2D eigenvalue weighted by Gasteiger charge is -2.08. The van der Waals surface area contributed by atoms with Gasteiger partial charge in [0, 0.05) is 43.5 Å². The molecule has 0 bridgehead atoms. The smallest absolute Gasteiger partial charge is 0.314 e. The van der Waals surface area contributed by atoms with Gasteiger partial charge in [-0.15, -0.1) is 0 Å². The van der Waals surface area contributed by atoms with E-state index in [1.165, 1.54) is 0 Å². The van der Waals surface area contributed by atoms with Crippen molar-refractivity contribution in [2.45, 2.75) is 12.8 Å². The normalized spacial score (nSPS) is 12.6. The van der Waals surface area contributed by atoms with Gasteiger partial charge in [0.2, 0.25) is 0 Å². The minimum atomic E-state index is -0.257. The predicted octanol–water partition coefficient (Wildman–Crippen LogP) is 1.59. The molecular formula is C16H19ClN4O3. The quantitative estimate of drug-likeness (QED) is 0.674. The highest BCUT2D eigenvalue weighted by Crippen LogP contribution is 2.41. The van der Waals surface area contributed by atoms with E-state index in [9.17, 15) is 9.59 Å². The summed E-state index contributed by atoms with van der Waals surface area (Å²) in [7, 11) is 3.14. The Balaban J connectivity index is 2.07. The number of nitrogens with one attached hydrogen (secondary N) is 4. The zero-order valence-electron chi connectivity index (χ0n) is 13.5. The Kier molecular flexibility index (Phi) is 4.53. The highest BCUT2D eigenvalue weighted by Gasteiger charge is 2.25. The van der Waals surface area contributed by atoms with Crippen LogP contribution in [-0.4, -0.2) is 44.2 Å². The summed E-state index contributed by atoms with van der Waals surface area (Å²) in [5, 5.41) is 9.39. The van der Waals surface area contributed by atoms with Gasteiger partial charge in [-0.05, 0) is 18.1 Å². The molecule has 0 aliphatic carbocycles. The Bertz CT molecular complexity index is 815. The number of fused-ring (bicyclic) bond motifs is 3. The summed E-state index contributed by atoms with van der Waals surface area (Å²) < 4.78 is 5.62. The Labute approximate surface area is 144 Å². The number of rotatable bonds is 4.